The molecule has 0 atom stereocenters. The molecule has 1 aromatic heterocycles. The number of carbonyl (C=O) groups is 1. The van der Waals surface area contributed by atoms with Gasteiger partial charge in [0.1, 0.15) is 6.54 Å². The van der Waals surface area contributed by atoms with Crippen molar-refractivity contribution < 1.29 is 9.53 Å². The summed E-state index contributed by atoms with van der Waals surface area (Å²) < 4.78 is 7.07. The Hall–Kier alpha value is -1.56. The van der Waals surface area contributed by atoms with Gasteiger partial charge in [-0.2, -0.15) is 5.10 Å². The highest BCUT2D eigenvalue weighted by Gasteiger charge is 2.14. The summed E-state index contributed by atoms with van der Waals surface area (Å²) in [5.41, 5.74) is 8.08. The van der Waals surface area contributed by atoms with E-state index in [2.05, 4.69) is 5.10 Å². The third-order valence-electron chi connectivity index (χ3n) is 3.03. The zero-order chi connectivity index (χ0) is 14.6. The summed E-state index contributed by atoms with van der Waals surface area (Å²) in [4.78, 5) is 13.7. The van der Waals surface area contributed by atoms with Crippen LogP contribution in [-0.4, -0.2) is 46.9 Å². The molecule has 0 spiro atoms. The number of rotatable bonds is 6. The van der Waals surface area contributed by atoms with E-state index in [1.807, 2.05) is 27.7 Å². The van der Waals surface area contributed by atoms with Gasteiger partial charge in [-0.3, -0.25) is 9.48 Å². The minimum absolute atomic E-state index is 0.00189. The molecule has 0 bridgehead atoms. The molecular weight excluding hydrogens is 244 g/mol. The lowest BCUT2D eigenvalue weighted by atomic mass is 10.3. The Bertz CT molecular complexity index is 440. The lowest BCUT2D eigenvalue weighted by molar-refractivity contribution is -0.131. The van der Waals surface area contributed by atoms with Crippen molar-refractivity contribution in [3.8, 4) is 0 Å². The van der Waals surface area contributed by atoms with Gasteiger partial charge < -0.3 is 15.4 Å². The molecule has 1 amide bonds. The molecule has 19 heavy (non-hydrogen) atoms. The summed E-state index contributed by atoms with van der Waals surface area (Å²) in [6, 6.07) is 0. The number of aryl methyl sites for hydroxylation is 1. The Morgan fingerprint density at radius 1 is 1.47 bits per heavy atom. The van der Waals surface area contributed by atoms with Crippen molar-refractivity contribution in [2.24, 2.45) is 0 Å². The summed E-state index contributed by atoms with van der Waals surface area (Å²) in [5, 5.41) is 4.25. The van der Waals surface area contributed by atoms with E-state index in [1.165, 1.54) is 0 Å². The molecule has 0 aliphatic rings. The van der Waals surface area contributed by atoms with Crippen LogP contribution in [0.1, 0.15) is 25.2 Å². The van der Waals surface area contributed by atoms with Crippen LogP contribution in [0, 0.1) is 13.8 Å². The van der Waals surface area contributed by atoms with Crippen LogP contribution < -0.4 is 5.73 Å². The van der Waals surface area contributed by atoms with E-state index in [0.29, 0.717) is 18.8 Å². The number of aromatic nitrogens is 2. The molecule has 0 radical (unpaired) electrons. The minimum atomic E-state index is -0.00189. The lowest BCUT2D eigenvalue weighted by Gasteiger charge is -2.18. The van der Waals surface area contributed by atoms with Gasteiger partial charge in [-0.15, -0.1) is 0 Å². The van der Waals surface area contributed by atoms with Gasteiger partial charge in [0.05, 0.1) is 29.8 Å². The zero-order valence-corrected chi connectivity index (χ0v) is 12.4. The zero-order valence-electron chi connectivity index (χ0n) is 12.4. The first-order chi connectivity index (χ1) is 8.82. The van der Waals surface area contributed by atoms with Crippen LogP contribution in [0.5, 0.6) is 0 Å². The Morgan fingerprint density at radius 2 is 2.11 bits per heavy atom. The molecule has 0 aromatic carbocycles. The lowest BCUT2D eigenvalue weighted by Crippen LogP contribution is -2.34. The quantitative estimate of drug-likeness (QED) is 0.834. The van der Waals surface area contributed by atoms with Crippen molar-refractivity contribution >= 4 is 11.6 Å². The maximum absolute atomic E-state index is 12.0. The maximum atomic E-state index is 12.0. The van der Waals surface area contributed by atoms with Gasteiger partial charge in [0.25, 0.3) is 0 Å². The molecule has 0 aliphatic heterocycles. The Balaban J connectivity index is 2.52. The first kappa shape index (κ1) is 15.5. The minimum Gasteiger partial charge on any atom is -0.396 e. The molecule has 0 saturated carbocycles. The van der Waals surface area contributed by atoms with Gasteiger partial charge in [-0.25, -0.2) is 0 Å². The number of nitrogen functional groups attached to an aromatic ring is 1. The van der Waals surface area contributed by atoms with Gasteiger partial charge in [0, 0.05) is 13.6 Å². The third kappa shape index (κ3) is 4.24. The van der Waals surface area contributed by atoms with E-state index < -0.39 is 0 Å². The molecule has 2 N–H and O–H groups in total. The van der Waals surface area contributed by atoms with E-state index in [0.717, 1.165) is 11.4 Å². The number of hydrogen-bond acceptors (Lipinski definition) is 4. The van der Waals surface area contributed by atoms with E-state index >= 15 is 0 Å². The van der Waals surface area contributed by atoms with Crippen LogP contribution in [0.15, 0.2) is 0 Å². The number of anilines is 1. The Labute approximate surface area is 114 Å². The van der Waals surface area contributed by atoms with Crippen LogP contribution in [0.25, 0.3) is 0 Å². The number of likely N-dealkylation sites (N-methyl/N-ethyl adjacent to an activating group) is 1. The third-order valence-corrected chi connectivity index (χ3v) is 3.03. The monoisotopic (exact) mass is 268 g/mol. The fourth-order valence-electron chi connectivity index (χ4n) is 1.66. The number of carbonyl (C=O) groups excluding carboxylic acids is 1. The topological polar surface area (TPSA) is 73.4 Å². The summed E-state index contributed by atoms with van der Waals surface area (Å²) in [5.74, 6) is -0.00189. The largest absolute Gasteiger partial charge is 0.396 e. The summed E-state index contributed by atoms with van der Waals surface area (Å²) >= 11 is 0. The SMILES string of the molecule is Cc1nn(CC(=O)N(C)CCOC(C)C)c(C)c1N. The van der Waals surface area contributed by atoms with Crippen LogP contribution >= 0.6 is 0 Å². The number of hydrogen-bond donors (Lipinski definition) is 1. The normalized spacial score (nSPS) is 11.1. The second kappa shape index (κ2) is 6.56. The predicted octanol–water partition coefficient (Wildman–Crippen LogP) is 0.966. The van der Waals surface area contributed by atoms with Crippen molar-refractivity contribution in [3.05, 3.63) is 11.4 Å². The van der Waals surface area contributed by atoms with E-state index in [9.17, 15) is 4.79 Å². The first-order valence-corrected chi connectivity index (χ1v) is 6.48. The van der Waals surface area contributed by atoms with E-state index in [-0.39, 0.29) is 18.6 Å². The van der Waals surface area contributed by atoms with Crippen LogP contribution in [0.4, 0.5) is 5.69 Å². The van der Waals surface area contributed by atoms with Gasteiger partial charge >= 0.3 is 0 Å². The highest BCUT2D eigenvalue weighted by molar-refractivity contribution is 5.75. The molecule has 1 aromatic rings. The Kier molecular flexibility index (Phi) is 5.35. The molecule has 1 rings (SSSR count). The molecule has 6 nitrogen and oxygen atoms in total. The fraction of sp³-hybridized carbons (Fsp3) is 0.692. The summed E-state index contributed by atoms with van der Waals surface area (Å²) in [7, 11) is 1.76. The summed E-state index contributed by atoms with van der Waals surface area (Å²) in [6.45, 7) is 8.97. The number of ether oxygens (including phenoxy) is 1. The van der Waals surface area contributed by atoms with E-state index in [1.54, 1.807) is 16.6 Å². The van der Waals surface area contributed by atoms with Crippen molar-refractivity contribution in [2.45, 2.75) is 40.3 Å². The van der Waals surface area contributed by atoms with Crippen LogP contribution in [0.3, 0.4) is 0 Å². The van der Waals surface area contributed by atoms with E-state index in [4.69, 9.17) is 10.5 Å². The molecule has 0 saturated heterocycles. The van der Waals surface area contributed by atoms with Crippen molar-refractivity contribution in [3.63, 3.8) is 0 Å². The average molecular weight is 268 g/mol. The fourth-order valence-corrected chi connectivity index (χ4v) is 1.66. The molecule has 0 fully saturated rings. The van der Waals surface area contributed by atoms with Crippen LogP contribution in [0.2, 0.25) is 0 Å². The average Bonchev–Trinajstić information content (AvgIpc) is 2.56. The maximum Gasteiger partial charge on any atom is 0.244 e. The smallest absolute Gasteiger partial charge is 0.244 e. The Morgan fingerprint density at radius 3 is 2.58 bits per heavy atom. The first-order valence-electron chi connectivity index (χ1n) is 6.48. The van der Waals surface area contributed by atoms with Crippen LogP contribution in [-0.2, 0) is 16.1 Å². The molecule has 0 aliphatic carbocycles. The molecule has 6 heteroatoms. The number of nitrogens with two attached hydrogens (primary N) is 1. The van der Waals surface area contributed by atoms with Gasteiger partial charge in [0.15, 0.2) is 0 Å². The predicted molar refractivity (Wildman–Crippen MR) is 74.8 cm³/mol. The number of nitrogens with zero attached hydrogens (tertiary/aromatic N) is 3. The second-order valence-electron chi connectivity index (χ2n) is 4.98. The highest BCUT2D eigenvalue weighted by atomic mass is 16.5. The number of amides is 1. The van der Waals surface area contributed by atoms with Gasteiger partial charge in [0.2, 0.25) is 5.91 Å². The van der Waals surface area contributed by atoms with Crippen molar-refractivity contribution in [1.29, 1.82) is 0 Å². The van der Waals surface area contributed by atoms with Gasteiger partial charge in [-0.1, -0.05) is 0 Å². The van der Waals surface area contributed by atoms with Gasteiger partial charge in [-0.05, 0) is 27.7 Å². The summed E-state index contributed by atoms with van der Waals surface area (Å²) in [6.07, 6.45) is 0.180. The molecule has 108 valence electrons. The van der Waals surface area contributed by atoms with Crippen molar-refractivity contribution in [1.82, 2.24) is 14.7 Å². The molecule has 0 unspecified atom stereocenters. The molecular formula is C13H24N4O2. The second-order valence-corrected chi connectivity index (χ2v) is 4.98. The van der Waals surface area contributed by atoms with Crippen molar-refractivity contribution in [2.75, 3.05) is 25.9 Å². The highest BCUT2D eigenvalue weighted by Crippen LogP contribution is 2.14. The molecule has 1 heterocycles. The standard InChI is InChI=1S/C13H24N4O2/c1-9(2)19-7-6-16(5)12(18)8-17-11(4)13(14)10(3)15-17/h9H,6-8,14H2,1-5H3.